The predicted molar refractivity (Wildman–Crippen MR) is 192 cm³/mol. The number of aryl methyl sites for hydroxylation is 2. The van der Waals surface area contributed by atoms with Crippen molar-refractivity contribution in [2.45, 2.75) is 77.0 Å². The summed E-state index contributed by atoms with van der Waals surface area (Å²) >= 11 is 0. The van der Waals surface area contributed by atoms with Crippen molar-refractivity contribution in [1.29, 1.82) is 0 Å². The summed E-state index contributed by atoms with van der Waals surface area (Å²) in [7, 11) is 0. The van der Waals surface area contributed by atoms with E-state index in [0.29, 0.717) is 30.3 Å². The molecule has 0 aliphatic carbocycles. The van der Waals surface area contributed by atoms with E-state index in [4.69, 9.17) is 25.1 Å². The minimum atomic E-state index is -1.33. The highest BCUT2D eigenvalue weighted by molar-refractivity contribution is 5.96. The van der Waals surface area contributed by atoms with Crippen LogP contribution in [0.25, 0.3) is 11.0 Å². The summed E-state index contributed by atoms with van der Waals surface area (Å²) in [6, 6.07) is 4.48. The molecule has 3 aromatic rings. The number of benzene rings is 1. The summed E-state index contributed by atoms with van der Waals surface area (Å²) < 4.78 is 16.0. The molecule has 290 valence electrons. The number of nitrogens with one attached hydrogen (secondary N) is 5. The Labute approximate surface area is 305 Å². The lowest BCUT2D eigenvalue weighted by molar-refractivity contribution is -0.146. The van der Waals surface area contributed by atoms with Crippen molar-refractivity contribution in [2.75, 3.05) is 45.3 Å². The first kappa shape index (κ1) is 42.1. The van der Waals surface area contributed by atoms with Crippen LogP contribution in [0.15, 0.2) is 35.3 Å². The number of nitrogen functional groups attached to an aromatic ring is 1. The number of rotatable bonds is 23. The van der Waals surface area contributed by atoms with Crippen molar-refractivity contribution in [1.82, 2.24) is 30.9 Å². The number of hydrogen-bond acceptors (Lipinski definition) is 12. The van der Waals surface area contributed by atoms with Crippen molar-refractivity contribution in [3.8, 4) is 0 Å². The molecule has 1 aromatic carbocycles. The zero-order chi connectivity index (χ0) is 39.0. The van der Waals surface area contributed by atoms with E-state index in [1.54, 1.807) is 37.4 Å². The highest BCUT2D eigenvalue weighted by Gasteiger charge is 2.23. The molecule has 2 atom stereocenters. The molecule has 0 radical (unpaired) electrons. The lowest BCUT2D eigenvalue weighted by atomic mass is 10.0. The van der Waals surface area contributed by atoms with Gasteiger partial charge in [-0.25, -0.2) is 4.79 Å². The van der Waals surface area contributed by atoms with Crippen molar-refractivity contribution in [3.05, 3.63) is 57.5 Å². The summed E-state index contributed by atoms with van der Waals surface area (Å²) in [5.74, 6) is -3.34. The Bertz CT molecular complexity index is 1750. The number of fused-ring (bicyclic) bond motifs is 1. The van der Waals surface area contributed by atoms with Gasteiger partial charge in [0.2, 0.25) is 17.8 Å². The first-order chi connectivity index (χ1) is 25.2. The van der Waals surface area contributed by atoms with Crippen LogP contribution >= 0.6 is 0 Å². The Morgan fingerprint density at radius 2 is 1.74 bits per heavy atom. The van der Waals surface area contributed by atoms with Crippen molar-refractivity contribution < 1.29 is 48.4 Å². The van der Waals surface area contributed by atoms with E-state index in [1.807, 2.05) is 13.8 Å². The molecule has 0 fully saturated rings. The van der Waals surface area contributed by atoms with Gasteiger partial charge in [0.1, 0.15) is 24.3 Å². The molecule has 53 heavy (non-hydrogen) atoms. The molecule has 18 heteroatoms. The van der Waals surface area contributed by atoms with Gasteiger partial charge in [0.05, 0.1) is 37.2 Å². The highest BCUT2D eigenvalue weighted by Crippen LogP contribution is 2.16. The summed E-state index contributed by atoms with van der Waals surface area (Å²) in [4.78, 5) is 82.8. The number of ether oxygens (including phenoxy) is 3. The van der Waals surface area contributed by atoms with Gasteiger partial charge in [-0.15, -0.1) is 0 Å². The lowest BCUT2D eigenvalue weighted by Gasteiger charge is -2.24. The topological polar surface area (TPSA) is 277 Å². The van der Waals surface area contributed by atoms with Gasteiger partial charge >= 0.3 is 11.9 Å². The smallest absolute Gasteiger partial charge is 0.326 e. The Balaban J connectivity index is 1.28. The summed E-state index contributed by atoms with van der Waals surface area (Å²) in [5.41, 5.74) is 6.98. The highest BCUT2D eigenvalue weighted by atomic mass is 16.6. The average molecular weight is 744 g/mol. The van der Waals surface area contributed by atoms with Crippen LogP contribution in [0.3, 0.4) is 0 Å². The second-order valence-corrected chi connectivity index (χ2v) is 12.8. The maximum Gasteiger partial charge on any atom is 0.326 e. The number of hydrogen-bond donors (Lipinski definition) is 8. The molecule has 0 bridgehead atoms. The third kappa shape index (κ3) is 14.3. The van der Waals surface area contributed by atoms with E-state index in [2.05, 4.69) is 30.9 Å². The number of H-pyrrole nitrogens is 2. The normalized spacial score (nSPS) is 12.5. The van der Waals surface area contributed by atoms with Crippen molar-refractivity contribution in [2.24, 2.45) is 0 Å². The number of aliphatic hydroxyl groups is 1. The number of aromatic nitrogens is 3. The molecule has 0 aliphatic rings. The number of carboxylic acids is 1. The Morgan fingerprint density at radius 1 is 1.00 bits per heavy atom. The largest absolute Gasteiger partial charge is 0.480 e. The molecule has 9 N–H and O–H groups in total. The Morgan fingerprint density at radius 3 is 2.43 bits per heavy atom. The van der Waals surface area contributed by atoms with Crippen LogP contribution in [-0.2, 0) is 46.2 Å². The number of aromatic amines is 2. The second-order valence-electron chi connectivity index (χ2n) is 12.8. The van der Waals surface area contributed by atoms with Gasteiger partial charge in [-0.05, 0) is 69.7 Å². The number of nitrogens with two attached hydrogens (primary N) is 1. The summed E-state index contributed by atoms with van der Waals surface area (Å²) in [6.07, 6.45) is 2.82. The molecule has 3 amide bonds. The fourth-order valence-corrected chi connectivity index (χ4v) is 5.11. The Hall–Kier alpha value is -5.33. The van der Waals surface area contributed by atoms with Crippen molar-refractivity contribution >= 4 is 46.6 Å². The van der Waals surface area contributed by atoms with Gasteiger partial charge in [0.25, 0.3) is 11.5 Å². The summed E-state index contributed by atoms with van der Waals surface area (Å²) in [6.45, 7) is 5.48. The van der Waals surface area contributed by atoms with Gasteiger partial charge in [-0.3, -0.25) is 29.0 Å². The number of aliphatic hydroxyl groups excluding tert-OH is 1. The molecule has 0 saturated heterocycles. The number of carbonyl (C=O) groups excluding carboxylic acids is 4. The molecule has 0 aliphatic heterocycles. The zero-order valence-corrected chi connectivity index (χ0v) is 30.1. The third-order valence-corrected chi connectivity index (χ3v) is 8.12. The zero-order valence-electron chi connectivity index (χ0n) is 30.1. The SMILES string of the molecule is C[C@@H](NC(=O)CCOC(C)(C)CCO)C(=O)NCCOCCOC(=O)CC[C@H](NC(=O)c1ccc(CCc2c[nH]c3nc(N)[nH]c(=O)c23)cc1)C(=O)O. The summed E-state index contributed by atoms with van der Waals surface area (Å²) in [5, 5.41) is 26.7. The van der Waals surface area contributed by atoms with E-state index in [9.17, 15) is 33.9 Å². The quantitative estimate of drug-likeness (QED) is 0.0481. The van der Waals surface area contributed by atoms with Crippen LogP contribution in [0.5, 0.6) is 0 Å². The number of aliphatic carboxylic acids is 1. The van der Waals surface area contributed by atoms with Gasteiger partial charge in [0.15, 0.2) is 0 Å². The molecule has 0 unspecified atom stereocenters. The molecular formula is C35H49N7O11. The number of esters is 1. The number of anilines is 1. The van der Waals surface area contributed by atoms with Crippen LogP contribution in [0.1, 0.15) is 67.9 Å². The number of carboxylic acid groups (broad SMARTS) is 1. The van der Waals surface area contributed by atoms with Gasteiger partial charge in [-0.1, -0.05) is 12.1 Å². The van der Waals surface area contributed by atoms with Gasteiger partial charge in [0, 0.05) is 31.3 Å². The van der Waals surface area contributed by atoms with Gasteiger partial charge in [-0.2, -0.15) is 4.98 Å². The fraction of sp³-hybridized carbons (Fsp3) is 0.514. The van der Waals surface area contributed by atoms with Crippen molar-refractivity contribution in [3.63, 3.8) is 0 Å². The molecule has 2 aromatic heterocycles. The lowest BCUT2D eigenvalue weighted by Crippen LogP contribution is -2.46. The number of carbonyl (C=O) groups is 5. The number of amides is 3. The van der Waals surface area contributed by atoms with E-state index in [-0.39, 0.29) is 81.8 Å². The van der Waals surface area contributed by atoms with Crippen LogP contribution in [0.4, 0.5) is 5.95 Å². The van der Waals surface area contributed by atoms with Crippen LogP contribution in [0.2, 0.25) is 0 Å². The van der Waals surface area contributed by atoms with Crippen LogP contribution < -0.4 is 27.2 Å². The monoisotopic (exact) mass is 743 g/mol. The van der Waals surface area contributed by atoms with Gasteiger partial charge < -0.3 is 51.1 Å². The Kier molecular flexibility index (Phi) is 16.4. The standard InChI is InChI=1S/C35H49N7O11/c1-21(39-26(44)12-16-53-35(2,3)13-15-43)30(46)37-14-17-51-18-19-52-27(45)11-10-25(33(49)50)40-31(47)23-7-4-22(5-8-23)6-9-24-20-38-29-28(24)32(48)42-34(36)41-29/h4-5,7-8,20-21,25,43H,6,9-19H2,1-3H3,(H,37,46)(H,39,44)(H,40,47)(H,49,50)(H4,36,38,41,42,48)/t21-,25+/m1/s1. The van der Waals surface area contributed by atoms with E-state index in [0.717, 1.165) is 11.1 Å². The third-order valence-electron chi connectivity index (χ3n) is 8.12. The molecule has 18 nitrogen and oxygen atoms in total. The molecule has 0 spiro atoms. The van der Waals surface area contributed by atoms with Crippen LogP contribution in [-0.4, -0.2) is 112 Å². The second kappa shape index (κ2) is 20.6. The molecule has 2 heterocycles. The van der Waals surface area contributed by atoms with E-state index < -0.39 is 41.4 Å². The molecular weight excluding hydrogens is 694 g/mol. The van der Waals surface area contributed by atoms with Crippen LogP contribution in [0, 0.1) is 0 Å². The number of nitrogens with zero attached hydrogens (tertiary/aromatic N) is 1. The van der Waals surface area contributed by atoms with E-state index in [1.165, 1.54) is 0 Å². The molecule has 3 rings (SSSR count). The first-order valence-corrected chi connectivity index (χ1v) is 17.2. The maximum absolute atomic E-state index is 12.8. The maximum atomic E-state index is 12.8. The minimum Gasteiger partial charge on any atom is -0.480 e. The minimum absolute atomic E-state index is 0.0184. The average Bonchev–Trinajstić information content (AvgIpc) is 3.51. The predicted octanol–water partition coefficient (Wildman–Crippen LogP) is 0.330. The van der Waals surface area contributed by atoms with E-state index >= 15 is 0 Å². The first-order valence-electron chi connectivity index (χ1n) is 17.2. The molecule has 0 saturated carbocycles. The fourth-order valence-electron chi connectivity index (χ4n) is 5.11.